The van der Waals surface area contributed by atoms with Gasteiger partial charge in [-0.1, -0.05) is 41.5 Å². The number of aliphatic imine (C=N–C) groups is 1. The van der Waals surface area contributed by atoms with E-state index in [1.165, 1.54) is 24.2 Å². The largest absolute Gasteiger partial charge is 0.469 e. The fraction of sp³-hybridized carbons (Fsp3) is 0.800. The molecule has 1 saturated heterocycles. The lowest BCUT2D eigenvalue weighted by atomic mass is 9.78. The molecule has 25 heavy (non-hydrogen) atoms. The number of piperazine rings is 1. The normalized spacial score (nSPS) is 22.6. The van der Waals surface area contributed by atoms with Crippen LogP contribution >= 0.6 is 0 Å². The minimum absolute atomic E-state index is 0.0249. The summed E-state index contributed by atoms with van der Waals surface area (Å²) in [6.45, 7) is 19.2. The number of hydrogen-bond acceptors (Lipinski definition) is 5. The molecule has 1 atom stereocenters. The summed E-state index contributed by atoms with van der Waals surface area (Å²) in [4.78, 5) is 21.4. The van der Waals surface area contributed by atoms with E-state index in [9.17, 15) is 4.79 Å². The molecule has 0 aromatic heterocycles. The smallest absolute Gasteiger partial charge is 0.306 e. The fourth-order valence-corrected chi connectivity index (χ4v) is 3.98. The number of nitrogens with zero attached hydrogens (tertiary/aromatic N) is 3. The Morgan fingerprint density at radius 3 is 2.32 bits per heavy atom. The minimum atomic E-state index is -0.138. The molecule has 0 aromatic carbocycles. The molecule has 1 fully saturated rings. The van der Waals surface area contributed by atoms with Crippen LogP contribution in [0.2, 0.25) is 0 Å². The van der Waals surface area contributed by atoms with Gasteiger partial charge in [-0.15, -0.1) is 0 Å². The molecule has 2 aliphatic rings. The molecule has 5 heteroatoms. The van der Waals surface area contributed by atoms with Crippen LogP contribution in [-0.4, -0.2) is 60.9 Å². The number of carbonyl (C=O) groups excluding carboxylic acids is 1. The highest BCUT2D eigenvalue weighted by Crippen LogP contribution is 2.40. The Bertz CT molecular complexity index is 579. The van der Waals surface area contributed by atoms with Crippen molar-refractivity contribution in [2.24, 2.45) is 15.8 Å². The van der Waals surface area contributed by atoms with E-state index < -0.39 is 0 Å². The van der Waals surface area contributed by atoms with Crippen LogP contribution < -0.4 is 0 Å². The Kier molecular flexibility index (Phi) is 5.67. The highest BCUT2D eigenvalue weighted by atomic mass is 16.5. The van der Waals surface area contributed by atoms with Crippen molar-refractivity contribution in [3.05, 3.63) is 11.3 Å². The first kappa shape index (κ1) is 20.0. The third kappa shape index (κ3) is 4.43. The maximum Gasteiger partial charge on any atom is 0.306 e. The Hall–Kier alpha value is -1.36. The van der Waals surface area contributed by atoms with Gasteiger partial charge in [-0.2, -0.15) is 0 Å². The van der Waals surface area contributed by atoms with E-state index in [0.29, 0.717) is 6.42 Å². The quantitative estimate of drug-likeness (QED) is 0.733. The first-order valence-corrected chi connectivity index (χ1v) is 9.33. The fourth-order valence-electron chi connectivity index (χ4n) is 3.98. The van der Waals surface area contributed by atoms with Crippen LogP contribution in [0.15, 0.2) is 16.3 Å². The standard InChI is InChI=1S/C20H35N3O2/c1-14-17(19(2,3)4)15-13-22(10-9-16(24)25-8)11-12-23(15)18(21-14)20(5,6)7/h14H,9-13H2,1-8H3/t14-/m0/s1. The third-order valence-electron chi connectivity index (χ3n) is 4.98. The van der Waals surface area contributed by atoms with E-state index in [4.69, 9.17) is 9.73 Å². The van der Waals surface area contributed by atoms with Gasteiger partial charge in [0.15, 0.2) is 0 Å². The molecule has 0 bridgehead atoms. The number of ether oxygens (including phenoxy) is 1. The molecule has 2 heterocycles. The van der Waals surface area contributed by atoms with Crippen molar-refractivity contribution in [3.8, 4) is 0 Å². The summed E-state index contributed by atoms with van der Waals surface area (Å²) in [5.74, 6) is 1.05. The van der Waals surface area contributed by atoms with Gasteiger partial charge in [-0.05, 0) is 17.9 Å². The number of hydrogen-bond donors (Lipinski definition) is 0. The molecule has 2 rings (SSSR count). The highest BCUT2D eigenvalue weighted by Gasteiger charge is 2.39. The predicted octanol–water partition coefficient (Wildman–Crippen LogP) is 3.31. The average molecular weight is 350 g/mol. The summed E-state index contributed by atoms with van der Waals surface area (Å²) in [5.41, 5.74) is 2.90. The zero-order chi connectivity index (χ0) is 19.0. The van der Waals surface area contributed by atoms with Crippen molar-refractivity contribution < 1.29 is 9.53 Å². The van der Waals surface area contributed by atoms with E-state index in [-0.39, 0.29) is 22.8 Å². The molecule has 5 nitrogen and oxygen atoms in total. The van der Waals surface area contributed by atoms with Crippen molar-refractivity contribution in [2.45, 2.75) is 60.9 Å². The van der Waals surface area contributed by atoms with E-state index in [1.54, 1.807) is 0 Å². The van der Waals surface area contributed by atoms with Crippen LogP contribution in [0.25, 0.3) is 0 Å². The summed E-state index contributed by atoms with van der Waals surface area (Å²) in [6.07, 6.45) is 0.449. The molecule has 0 unspecified atom stereocenters. The third-order valence-corrected chi connectivity index (χ3v) is 4.98. The van der Waals surface area contributed by atoms with Gasteiger partial charge >= 0.3 is 5.97 Å². The van der Waals surface area contributed by atoms with Crippen LogP contribution in [0.3, 0.4) is 0 Å². The molecule has 0 amide bonds. The number of esters is 1. The van der Waals surface area contributed by atoms with Gasteiger partial charge in [0.25, 0.3) is 0 Å². The van der Waals surface area contributed by atoms with Gasteiger partial charge in [0.05, 0.1) is 19.6 Å². The molecule has 142 valence electrons. The Labute approximate surface area is 153 Å². The maximum atomic E-state index is 11.5. The van der Waals surface area contributed by atoms with Gasteiger partial charge in [0.1, 0.15) is 5.84 Å². The van der Waals surface area contributed by atoms with Crippen LogP contribution in [0.1, 0.15) is 54.9 Å². The van der Waals surface area contributed by atoms with Gasteiger partial charge in [-0.25, -0.2) is 0 Å². The first-order chi connectivity index (χ1) is 11.4. The number of methoxy groups -OCH3 is 1. The van der Waals surface area contributed by atoms with E-state index in [0.717, 1.165) is 26.2 Å². The van der Waals surface area contributed by atoms with Gasteiger partial charge < -0.3 is 9.64 Å². The van der Waals surface area contributed by atoms with Crippen LogP contribution in [0.4, 0.5) is 0 Å². The lowest BCUT2D eigenvalue weighted by molar-refractivity contribution is -0.141. The van der Waals surface area contributed by atoms with Crippen molar-refractivity contribution in [2.75, 3.05) is 33.3 Å². The second-order valence-electron chi connectivity index (χ2n) is 9.24. The van der Waals surface area contributed by atoms with Gasteiger partial charge in [0.2, 0.25) is 0 Å². The minimum Gasteiger partial charge on any atom is -0.469 e. The zero-order valence-electron chi connectivity index (χ0n) is 17.3. The number of fused-ring (bicyclic) bond motifs is 1. The number of amidine groups is 1. The summed E-state index contributed by atoms with van der Waals surface area (Å²) >= 11 is 0. The number of carbonyl (C=O) groups is 1. The number of rotatable bonds is 3. The lowest BCUT2D eigenvalue weighted by Gasteiger charge is -2.48. The first-order valence-electron chi connectivity index (χ1n) is 9.33. The monoisotopic (exact) mass is 349 g/mol. The molecule has 0 radical (unpaired) electrons. The van der Waals surface area contributed by atoms with E-state index >= 15 is 0 Å². The summed E-state index contributed by atoms with van der Waals surface area (Å²) in [6, 6.07) is 0.195. The SMILES string of the molecule is COC(=O)CCN1CCN2C(C(C)(C)C)=N[C@@H](C)C(C(C)(C)C)=C2C1. The molecule has 0 aliphatic carbocycles. The van der Waals surface area contributed by atoms with Crippen LogP contribution in [-0.2, 0) is 9.53 Å². The average Bonchev–Trinajstić information content (AvgIpc) is 2.49. The summed E-state index contributed by atoms with van der Waals surface area (Å²) in [7, 11) is 1.45. The van der Waals surface area contributed by atoms with Gasteiger partial charge in [0, 0.05) is 37.3 Å². The summed E-state index contributed by atoms with van der Waals surface area (Å²) in [5, 5.41) is 0. The highest BCUT2D eigenvalue weighted by molar-refractivity contribution is 5.90. The second kappa shape index (κ2) is 7.10. The molecule has 2 aliphatic heterocycles. The molecule has 0 saturated carbocycles. The van der Waals surface area contributed by atoms with Crippen molar-refractivity contribution in [1.82, 2.24) is 9.80 Å². The van der Waals surface area contributed by atoms with E-state index in [2.05, 4.69) is 58.3 Å². The Balaban J connectivity index is 2.32. The molecule has 0 N–H and O–H groups in total. The second-order valence-corrected chi connectivity index (χ2v) is 9.24. The van der Waals surface area contributed by atoms with Crippen molar-refractivity contribution in [3.63, 3.8) is 0 Å². The van der Waals surface area contributed by atoms with Crippen LogP contribution in [0, 0.1) is 10.8 Å². The van der Waals surface area contributed by atoms with Crippen LogP contribution in [0.5, 0.6) is 0 Å². The predicted molar refractivity (Wildman–Crippen MR) is 103 cm³/mol. The van der Waals surface area contributed by atoms with Gasteiger partial charge in [-0.3, -0.25) is 14.7 Å². The van der Waals surface area contributed by atoms with Crippen molar-refractivity contribution in [1.29, 1.82) is 0 Å². The lowest BCUT2D eigenvalue weighted by Crippen LogP contribution is -2.54. The Morgan fingerprint density at radius 2 is 1.80 bits per heavy atom. The topological polar surface area (TPSA) is 45.1 Å². The molecular weight excluding hydrogens is 314 g/mol. The summed E-state index contributed by atoms with van der Waals surface area (Å²) < 4.78 is 4.79. The maximum absolute atomic E-state index is 11.5. The zero-order valence-corrected chi connectivity index (χ0v) is 17.3. The van der Waals surface area contributed by atoms with Crippen molar-refractivity contribution >= 4 is 11.8 Å². The Morgan fingerprint density at radius 1 is 1.16 bits per heavy atom. The molecule has 0 aromatic rings. The molecular formula is C20H35N3O2. The molecule has 0 spiro atoms. The van der Waals surface area contributed by atoms with E-state index in [1.807, 2.05) is 0 Å².